The predicted octanol–water partition coefficient (Wildman–Crippen LogP) is 1.46. The van der Waals surface area contributed by atoms with Gasteiger partial charge in [-0.15, -0.1) is 0 Å². The average Bonchev–Trinajstić information content (AvgIpc) is 2.53. The van der Waals surface area contributed by atoms with Crippen molar-refractivity contribution in [2.45, 2.75) is 12.8 Å². The van der Waals surface area contributed by atoms with Crippen molar-refractivity contribution in [3.63, 3.8) is 0 Å². The Morgan fingerprint density at radius 2 is 2.00 bits per heavy atom. The Morgan fingerprint density at radius 3 is 2.59 bits per heavy atom. The number of benzene rings is 1. The fourth-order valence-electron chi connectivity index (χ4n) is 2.06. The van der Waals surface area contributed by atoms with Crippen LogP contribution in [0, 0.1) is 4.77 Å². The minimum atomic E-state index is -0.584. The molecule has 0 saturated heterocycles. The molecule has 0 fully saturated rings. The SMILES string of the molecule is COC(=O)c1ccc2c(=O)n(CC(OC)OC)c(=S)[nH]c2c1. The van der Waals surface area contributed by atoms with Crippen molar-refractivity contribution in [3.05, 3.63) is 38.9 Å². The maximum atomic E-state index is 12.5. The molecule has 0 bridgehead atoms. The average molecular weight is 324 g/mol. The third-order valence-corrected chi connectivity index (χ3v) is 3.58. The number of hydrogen-bond donors (Lipinski definition) is 1. The van der Waals surface area contributed by atoms with Gasteiger partial charge in [-0.3, -0.25) is 9.36 Å². The predicted molar refractivity (Wildman–Crippen MR) is 82.5 cm³/mol. The first-order chi connectivity index (χ1) is 10.5. The van der Waals surface area contributed by atoms with Crippen LogP contribution in [0.25, 0.3) is 10.9 Å². The van der Waals surface area contributed by atoms with Crippen molar-refractivity contribution < 1.29 is 19.0 Å². The molecule has 7 nitrogen and oxygen atoms in total. The van der Waals surface area contributed by atoms with Gasteiger partial charge in [-0.25, -0.2) is 4.79 Å². The third kappa shape index (κ3) is 3.08. The molecule has 8 heteroatoms. The van der Waals surface area contributed by atoms with Gasteiger partial charge in [0.05, 0.1) is 30.1 Å². The number of nitrogens with one attached hydrogen (secondary N) is 1. The number of rotatable bonds is 5. The van der Waals surface area contributed by atoms with Crippen LogP contribution in [0.4, 0.5) is 0 Å². The number of aromatic nitrogens is 2. The smallest absolute Gasteiger partial charge is 0.337 e. The second kappa shape index (κ2) is 6.82. The van der Waals surface area contributed by atoms with Crippen molar-refractivity contribution in [2.24, 2.45) is 0 Å². The lowest BCUT2D eigenvalue weighted by atomic mass is 10.1. The zero-order chi connectivity index (χ0) is 16.3. The first-order valence-corrected chi connectivity index (χ1v) is 6.83. The number of nitrogens with zero attached hydrogens (tertiary/aromatic N) is 1. The van der Waals surface area contributed by atoms with Crippen LogP contribution < -0.4 is 5.56 Å². The van der Waals surface area contributed by atoms with Crippen LogP contribution in [0.5, 0.6) is 0 Å². The lowest BCUT2D eigenvalue weighted by Gasteiger charge is -2.15. The Bertz CT molecular complexity index is 807. The van der Waals surface area contributed by atoms with E-state index in [1.807, 2.05) is 0 Å². The van der Waals surface area contributed by atoms with E-state index in [0.29, 0.717) is 16.5 Å². The molecule has 0 unspecified atom stereocenters. The summed E-state index contributed by atoms with van der Waals surface area (Å²) in [6, 6.07) is 4.62. The number of carbonyl (C=O) groups is 1. The van der Waals surface area contributed by atoms with Gasteiger partial charge in [0, 0.05) is 14.2 Å². The number of hydrogen-bond acceptors (Lipinski definition) is 6. The van der Waals surface area contributed by atoms with Crippen molar-refractivity contribution in [3.8, 4) is 0 Å². The molecular formula is C14H16N2O5S. The number of ether oxygens (including phenoxy) is 3. The molecule has 0 aliphatic rings. The third-order valence-electron chi connectivity index (χ3n) is 3.26. The van der Waals surface area contributed by atoms with E-state index in [1.165, 1.54) is 38.0 Å². The fraction of sp³-hybridized carbons (Fsp3) is 0.357. The normalized spacial score (nSPS) is 11.1. The van der Waals surface area contributed by atoms with Crippen molar-refractivity contribution in [1.82, 2.24) is 9.55 Å². The maximum Gasteiger partial charge on any atom is 0.337 e. The fourth-order valence-corrected chi connectivity index (χ4v) is 2.33. The van der Waals surface area contributed by atoms with E-state index in [0.717, 1.165) is 0 Å². The van der Waals surface area contributed by atoms with Gasteiger partial charge in [0.1, 0.15) is 0 Å². The Hall–Kier alpha value is -2.03. The summed E-state index contributed by atoms with van der Waals surface area (Å²) in [4.78, 5) is 27.0. The van der Waals surface area contributed by atoms with Crippen LogP contribution in [-0.2, 0) is 20.8 Å². The zero-order valence-corrected chi connectivity index (χ0v) is 13.2. The molecule has 0 saturated carbocycles. The molecule has 0 aliphatic carbocycles. The minimum absolute atomic E-state index is 0.163. The zero-order valence-electron chi connectivity index (χ0n) is 12.4. The topological polar surface area (TPSA) is 82.6 Å². The highest BCUT2D eigenvalue weighted by Crippen LogP contribution is 2.12. The van der Waals surface area contributed by atoms with Gasteiger partial charge in [-0.2, -0.15) is 0 Å². The van der Waals surface area contributed by atoms with Gasteiger partial charge in [0.2, 0.25) is 0 Å². The molecule has 2 aromatic rings. The number of fused-ring (bicyclic) bond motifs is 1. The molecule has 2 rings (SSSR count). The Labute approximate surface area is 131 Å². The highest BCUT2D eigenvalue weighted by atomic mass is 32.1. The quantitative estimate of drug-likeness (QED) is 0.509. The highest BCUT2D eigenvalue weighted by molar-refractivity contribution is 7.71. The van der Waals surface area contributed by atoms with Gasteiger partial charge < -0.3 is 19.2 Å². The lowest BCUT2D eigenvalue weighted by molar-refractivity contribution is -0.111. The first-order valence-electron chi connectivity index (χ1n) is 6.42. The van der Waals surface area contributed by atoms with Crippen LogP contribution in [0.1, 0.15) is 10.4 Å². The van der Waals surface area contributed by atoms with E-state index < -0.39 is 12.3 Å². The number of aromatic amines is 1. The lowest BCUT2D eigenvalue weighted by Crippen LogP contribution is -2.30. The van der Waals surface area contributed by atoms with E-state index in [4.69, 9.17) is 21.7 Å². The van der Waals surface area contributed by atoms with Crippen LogP contribution in [0.15, 0.2) is 23.0 Å². The van der Waals surface area contributed by atoms with Gasteiger partial charge in [-0.05, 0) is 30.4 Å². The minimum Gasteiger partial charge on any atom is -0.465 e. The van der Waals surface area contributed by atoms with Crippen LogP contribution >= 0.6 is 12.2 Å². The molecule has 1 aromatic carbocycles. The first kappa shape index (κ1) is 16.3. The van der Waals surface area contributed by atoms with Gasteiger partial charge in [0.15, 0.2) is 11.1 Å². The van der Waals surface area contributed by atoms with E-state index in [9.17, 15) is 9.59 Å². The summed E-state index contributed by atoms with van der Waals surface area (Å²) in [5.41, 5.74) is 0.527. The monoisotopic (exact) mass is 324 g/mol. The van der Waals surface area contributed by atoms with E-state index in [1.54, 1.807) is 6.07 Å². The largest absolute Gasteiger partial charge is 0.465 e. The van der Waals surface area contributed by atoms with Gasteiger partial charge in [0.25, 0.3) is 5.56 Å². The van der Waals surface area contributed by atoms with E-state index in [2.05, 4.69) is 9.72 Å². The van der Waals surface area contributed by atoms with Crippen molar-refractivity contribution in [2.75, 3.05) is 21.3 Å². The van der Waals surface area contributed by atoms with Gasteiger partial charge >= 0.3 is 5.97 Å². The summed E-state index contributed by atoms with van der Waals surface area (Å²) in [5.74, 6) is -0.482. The van der Waals surface area contributed by atoms with Crippen LogP contribution in [0.3, 0.4) is 0 Å². The molecule has 1 aromatic heterocycles. The summed E-state index contributed by atoms with van der Waals surface area (Å²) in [5, 5.41) is 0.409. The molecular weight excluding hydrogens is 308 g/mol. The Kier molecular flexibility index (Phi) is 5.07. The second-order valence-electron chi connectivity index (χ2n) is 4.50. The summed E-state index contributed by atoms with van der Waals surface area (Å²) < 4.78 is 16.4. The number of esters is 1. The maximum absolute atomic E-state index is 12.5. The standard InChI is InChI=1S/C14H16N2O5S/c1-19-11(20-2)7-16-12(17)9-5-4-8(13(18)21-3)6-10(9)15-14(16)22/h4-6,11H,7H2,1-3H3,(H,15,22). The Balaban J connectivity index is 2.57. The summed E-state index contributed by atoms with van der Waals surface area (Å²) in [6.45, 7) is 0.163. The highest BCUT2D eigenvalue weighted by Gasteiger charge is 2.13. The summed E-state index contributed by atoms with van der Waals surface area (Å²) in [7, 11) is 4.26. The molecule has 118 valence electrons. The van der Waals surface area contributed by atoms with Gasteiger partial charge in [-0.1, -0.05) is 0 Å². The molecule has 0 spiro atoms. The molecule has 0 atom stereocenters. The van der Waals surface area contributed by atoms with E-state index in [-0.39, 0.29) is 16.9 Å². The molecule has 22 heavy (non-hydrogen) atoms. The molecule has 0 radical (unpaired) electrons. The number of H-pyrrole nitrogens is 1. The van der Waals surface area contributed by atoms with Crippen molar-refractivity contribution >= 4 is 29.1 Å². The Morgan fingerprint density at radius 1 is 1.32 bits per heavy atom. The van der Waals surface area contributed by atoms with Crippen LogP contribution in [-0.4, -0.2) is 43.1 Å². The van der Waals surface area contributed by atoms with E-state index >= 15 is 0 Å². The molecule has 1 heterocycles. The van der Waals surface area contributed by atoms with Crippen molar-refractivity contribution in [1.29, 1.82) is 0 Å². The van der Waals surface area contributed by atoms with Crippen LogP contribution in [0.2, 0.25) is 0 Å². The molecule has 0 aliphatic heterocycles. The summed E-state index contributed by atoms with van der Waals surface area (Å²) >= 11 is 5.20. The second-order valence-corrected chi connectivity index (χ2v) is 4.89. The molecule has 1 N–H and O–H groups in total. The number of methoxy groups -OCH3 is 3. The molecule has 0 amide bonds. The summed E-state index contributed by atoms with van der Waals surface area (Å²) in [6.07, 6.45) is -0.584. The number of carbonyl (C=O) groups excluding carboxylic acids is 1.